The molecule has 0 spiro atoms. The van der Waals surface area contributed by atoms with Gasteiger partial charge >= 0.3 is 6.18 Å². The molecule has 8 heteroatoms. The Bertz CT molecular complexity index is 431. The van der Waals surface area contributed by atoms with Crippen LogP contribution in [0.15, 0.2) is 12.1 Å². The Morgan fingerprint density at radius 3 is 2.31 bits per heavy atom. The van der Waals surface area contributed by atoms with Crippen LogP contribution in [-0.2, 0) is 12.7 Å². The highest BCUT2D eigenvalue weighted by Crippen LogP contribution is 2.35. The minimum absolute atomic E-state index is 0.150. The highest BCUT2D eigenvalue weighted by molar-refractivity contribution is 5.44. The van der Waals surface area contributed by atoms with Gasteiger partial charge in [-0.05, 0) is 6.07 Å². The Balaban J connectivity index is 3.45. The van der Waals surface area contributed by atoms with Crippen molar-refractivity contribution in [2.45, 2.75) is 12.7 Å². The van der Waals surface area contributed by atoms with Crippen molar-refractivity contribution in [1.29, 1.82) is 0 Å². The lowest BCUT2D eigenvalue weighted by Gasteiger charge is -2.09. The van der Waals surface area contributed by atoms with E-state index in [0.29, 0.717) is 6.07 Å². The number of halogens is 4. The Kier molecular flexibility index (Phi) is 3.13. The summed E-state index contributed by atoms with van der Waals surface area (Å²) in [7, 11) is 0. The Hall–Kier alpha value is -1.70. The molecule has 0 aliphatic carbocycles. The van der Waals surface area contributed by atoms with Crippen LogP contribution < -0.4 is 5.73 Å². The summed E-state index contributed by atoms with van der Waals surface area (Å²) in [6, 6.07) is 0.582. The molecule has 0 saturated carbocycles. The predicted octanol–water partition coefficient (Wildman–Crippen LogP) is 2.21. The molecule has 0 aliphatic heterocycles. The molecule has 0 aromatic heterocycles. The first-order valence-electron chi connectivity index (χ1n) is 4.01. The third kappa shape index (κ3) is 2.27. The summed E-state index contributed by atoms with van der Waals surface area (Å²) >= 11 is 0. The van der Waals surface area contributed by atoms with Crippen LogP contribution in [0.1, 0.15) is 11.1 Å². The Morgan fingerprint density at radius 1 is 1.38 bits per heavy atom. The van der Waals surface area contributed by atoms with Crippen LogP contribution in [0.25, 0.3) is 0 Å². The number of alkyl halides is 3. The van der Waals surface area contributed by atoms with Gasteiger partial charge in [-0.3, -0.25) is 10.1 Å². The molecule has 1 rings (SSSR count). The van der Waals surface area contributed by atoms with Gasteiger partial charge in [-0.15, -0.1) is 0 Å². The van der Waals surface area contributed by atoms with Gasteiger partial charge in [0.15, 0.2) is 0 Å². The van der Waals surface area contributed by atoms with Crippen molar-refractivity contribution in [3.8, 4) is 0 Å². The third-order valence-corrected chi connectivity index (χ3v) is 1.89. The van der Waals surface area contributed by atoms with E-state index >= 15 is 0 Å². The minimum Gasteiger partial charge on any atom is -0.326 e. The Morgan fingerprint density at radius 2 is 1.94 bits per heavy atom. The van der Waals surface area contributed by atoms with Crippen LogP contribution in [0.2, 0.25) is 0 Å². The molecule has 0 heterocycles. The molecular formula is C8H6F4N2O2. The van der Waals surface area contributed by atoms with Crippen molar-refractivity contribution in [2.24, 2.45) is 5.73 Å². The Labute approximate surface area is 86.8 Å². The molecule has 0 radical (unpaired) electrons. The van der Waals surface area contributed by atoms with Gasteiger partial charge in [0.25, 0.3) is 5.69 Å². The van der Waals surface area contributed by atoms with Crippen LogP contribution in [0.5, 0.6) is 0 Å². The van der Waals surface area contributed by atoms with Gasteiger partial charge in [-0.25, -0.2) is 4.39 Å². The van der Waals surface area contributed by atoms with Gasteiger partial charge in [0.1, 0.15) is 5.82 Å². The first-order valence-corrected chi connectivity index (χ1v) is 4.01. The molecule has 4 nitrogen and oxygen atoms in total. The van der Waals surface area contributed by atoms with Crippen molar-refractivity contribution in [2.75, 3.05) is 0 Å². The maximum atomic E-state index is 13.0. The van der Waals surface area contributed by atoms with Crippen molar-refractivity contribution in [1.82, 2.24) is 0 Å². The van der Waals surface area contributed by atoms with Crippen molar-refractivity contribution >= 4 is 5.69 Å². The number of rotatable bonds is 2. The van der Waals surface area contributed by atoms with Crippen molar-refractivity contribution < 1.29 is 22.5 Å². The van der Waals surface area contributed by atoms with E-state index in [1.165, 1.54) is 0 Å². The van der Waals surface area contributed by atoms with Gasteiger partial charge in [0.05, 0.1) is 10.5 Å². The second-order valence-corrected chi connectivity index (χ2v) is 2.92. The van der Waals surface area contributed by atoms with Gasteiger partial charge in [-0.1, -0.05) is 0 Å². The minimum atomic E-state index is -4.97. The van der Waals surface area contributed by atoms with E-state index < -0.39 is 34.7 Å². The van der Waals surface area contributed by atoms with Crippen molar-refractivity contribution in [3.05, 3.63) is 39.2 Å². The number of benzene rings is 1. The van der Waals surface area contributed by atoms with E-state index in [1.54, 1.807) is 0 Å². The zero-order chi connectivity index (χ0) is 12.5. The van der Waals surface area contributed by atoms with Gasteiger partial charge < -0.3 is 5.73 Å². The summed E-state index contributed by atoms with van der Waals surface area (Å²) in [6.45, 7) is -0.411. The molecule has 0 bridgehead atoms. The van der Waals surface area contributed by atoms with Gasteiger partial charge in [-0.2, -0.15) is 13.2 Å². The molecule has 0 aliphatic rings. The summed E-state index contributed by atoms with van der Waals surface area (Å²) in [6.07, 6.45) is -4.97. The SMILES string of the molecule is NCc1cc(F)c(C(F)(F)F)cc1[N+](=O)[O-]. The molecule has 1 aromatic rings. The van der Waals surface area contributed by atoms with Gasteiger partial charge in [0.2, 0.25) is 0 Å². The fourth-order valence-corrected chi connectivity index (χ4v) is 1.15. The normalized spacial score (nSPS) is 11.6. The predicted molar refractivity (Wildman–Crippen MR) is 45.9 cm³/mol. The third-order valence-electron chi connectivity index (χ3n) is 1.89. The molecule has 0 fully saturated rings. The molecular weight excluding hydrogens is 232 g/mol. The number of nitro groups is 1. The van der Waals surface area contributed by atoms with E-state index in [0.717, 1.165) is 0 Å². The standard InChI is InChI=1S/C8H6F4N2O2/c9-6-1-4(3-13)7(14(15)16)2-5(6)8(10,11)12/h1-2H,3,13H2. The molecule has 88 valence electrons. The highest BCUT2D eigenvalue weighted by atomic mass is 19.4. The zero-order valence-electron chi connectivity index (χ0n) is 7.71. The molecule has 2 N–H and O–H groups in total. The highest BCUT2D eigenvalue weighted by Gasteiger charge is 2.36. The van der Waals surface area contributed by atoms with Crippen LogP contribution in [0.4, 0.5) is 23.2 Å². The van der Waals surface area contributed by atoms with E-state index in [1.807, 2.05) is 0 Å². The molecule has 0 unspecified atom stereocenters. The fourth-order valence-electron chi connectivity index (χ4n) is 1.15. The second kappa shape index (κ2) is 4.05. The number of hydrogen-bond donors (Lipinski definition) is 1. The average molecular weight is 238 g/mol. The van der Waals surface area contributed by atoms with Crippen LogP contribution in [-0.4, -0.2) is 4.92 Å². The molecule has 0 amide bonds. The van der Waals surface area contributed by atoms with Crippen molar-refractivity contribution in [3.63, 3.8) is 0 Å². The summed E-state index contributed by atoms with van der Waals surface area (Å²) in [5.74, 6) is -1.57. The van der Waals surface area contributed by atoms with Crippen LogP contribution in [0, 0.1) is 15.9 Å². The quantitative estimate of drug-likeness (QED) is 0.487. The first kappa shape index (κ1) is 12.4. The molecule has 0 saturated heterocycles. The summed E-state index contributed by atoms with van der Waals surface area (Å²) in [5, 5.41) is 10.4. The first-order chi connectivity index (χ1) is 7.27. The number of nitro benzene ring substituents is 1. The van der Waals surface area contributed by atoms with Gasteiger partial charge in [0, 0.05) is 18.2 Å². The summed E-state index contributed by atoms with van der Waals surface area (Å²) < 4.78 is 49.7. The van der Waals surface area contributed by atoms with E-state index in [-0.39, 0.29) is 11.6 Å². The monoisotopic (exact) mass is 238 g/mol. The molecule has 0 atom stereocenters. The largest absolute Gasteiger partial charge is 0.419 e. The lowest BCUT2D eigenvalue weighted by molar-refractivity contribution is -0.385. The topological polar surface area (TPSA) is 69.2 Å². The smallest absolute Gasteiger partial charge is 0.326 e. The van der Waals surface area contributed by atoms with E-state index in [4.69, 9.17) is 5.73 Å². The maximum absolute atomic E-state index is 13.0. The van der Waals surface area contributed by atoms with Crippen LogP contribution >= 0.6 is 0 Å². The number of nitrogens with two attached hydrogens (primary N) is 1. The number of nitrogens with zero attached hydrogens (tertiary/aromatic N) is 1. The van der Waals surface area contributed by atoms with E-state index in [2.05, 4.69) is 0 Å². The number of hydrogen-bond acceptors (Lipinski definition) is 3. The second-order valence-electron chi connectivity index (χ2n) is 2.92. The average Bonchev–Trinajstić information content (AvgIpc) is 2.14. The summed E-state index contributed by atoms with van der Waals surface area (Å²) in [5.41, 5.74) is 2.28. The fraction of sp³-hybridized carbons (Fsp3) is 0.250. The summed E-state index contributed by atoms with van der Waals surface area (Å²) in [4.78, 5) is 9.40. The van der Waals surface area contributed by atoms with E-state index in [9.17, 15) is 27.7 Å². The molecule has 1 aromatic carbocycles. The maximum Gasteiger partial charge on any atom is 0.419 e. The zero-order valence-corrected chi connectivity index (χ0v) is 7.71. The van der Waals surface area contributed by atoms with Crippen LogP contribution in [0.3, 0.4) is 0 Å². The lowest BCUT2D eigenvalue weighted by Crippen LogP contribution is -2.11. The lowest BCUT2D eigenvalue weighted by atomic mass is 10.1. The molecule has 16 heavy (non-hydrogen) atoms.